The van der Waals surface area contributed by atoms with E-state index in [1.54, 1.807) is 0 Å². The zero-order chi connectivity index (χ0) is 4.50. The fourth-order valence-corrected chi connectivity index (χ4v) is 0. The molecule has 6 nitrogen and oxygen atoms in total. The Kier molecular flexibility index (Phi) is 21.8. The van der Waals surface area contributed by atoms with Crippen LogP contribution in [-0.2, 0) is 27.2 Å². The van der Waals surface area contributed by atoms with Gasteiger partial charge in [-0.05, 0) is 0 Å². The quantitative estimate of drug-likeness (QED) is 0.297. The van der Waals surface area contributed by atoms with Crippen molar-refractivity contribution in [1.82, 2.24) is 0 Å². The normalized spacial score (nSPS) is 7.25. The molecular formula is H4CoO6S. The van der Waals surface area contributed by atoms with Gasteiger partial charge in [-0.1, -0.05) is 0 Å². The van der Waals surface area contributed by atoms with E-state index in [1.165, 1.54) is 0 Å². The molecule has 0 atom stereocenters. The van der Waals surface area contributed by atoms with Crippen molar-refractivity contribution in [3.63, 3.8) is 0 Å². The van der Waals surface area contributed by atoms with Crippen LogP contribution in [0, 0.1) is 0 Å². The standard InChI is InChI=1S/Co.H2O4S.2H2O/c;1-5(2,3)4;;/h;(H2,1,2,3,4);2*1H2/q+2;;;/p-2. The van der Waals surface area contributed by atoms with Gasteiger partial charge < -0.3 is 20.1 Å². The molecule has 0 heterocycles. The van der Waals surface area contributed by atoms with Gasteiger partial charge in [-0.15, -0.1) is 0 Å². The van der Waals surface area contributed by atoms with Crippen molar-refractivity contribution in [1.29, 1.82) is 0 Å². The van der Waals surface area contributed by atoms with E-state index in [4.69, 9.17) is 17.5 Å². The fourth-order valence-electron chi connectivity index (χ4n) is 0. The molecule has 8 heavy (non-hydrogen) atoms. The Labute approximate surface area is 56.3 Å². The Balaban J connectivity index is -0.0000000267. The van der Waals surface area contributed by atoms with Crippen LogP contribution in [0.3, 0.4) is 0 Å². The van der Waals surface area contributed by atoms with Crippen molar-refractivity contribution in [3.8, 4) is 0 Å². The predicted octanol–water partition coefficient (Wildman–Crippen LogP) is -2.99. The first kappa shape index (κ1) is 23.9. The average molecular weight is 191 g/mol. The van der Waals surface area contributed by atoms with Crippen molar-refractivity contribution in [2.75, 3.05) is 0 Å². The van der Waals surface area contributed by atoms with E-state index >= 15 is 0 Å². The second kappa shape index (κ2) is 7.30. The smallest absolute Gasteiger partial charge is 0.759 e. The summed E-state index contributed by atoms with van der Waals surface area (Å²) < 4.78 is 34.1. The van der Waals surface area contributed by atoms with Crippen LogP contribution in [0.1, 0.15) is 0 Å². The maximum atomic E-state index is 8.52. The maximum Gasteiger partial charge on any atom is 2.00 e. The van der Waals surface area contributed by atoms with Crippen molar-refractivity contribution < 1.29 is 45.3 Å². The van der Waals surface area contributed by atoms with E-state index in [9.17, 15) is 0 Å². The zero-order valence-electron chi connectivity index (χ0n) is 3.37. The van der Waals surface area contributed by atoms with Gasteiger partial charge in [0.1, 0.15) is 0 Å². The molecule has 0 rings (SSSR count). The molecular weight excluding hydrogens is 187 g/mol. The molecule has 0 aromatic heterocycles. The molecule has 0 aliphatic carbocycles. The van der Waals surface area contributed by atoms with Gasteiger partial charge in [-0.25, -0.2) is 0 Å². The van der Waals surface area contributed by atoms with Crippen LogP contribution in [0.5, 0.6) is 0 Å². The van der Waals surface area contributed by atoms with Gasteiger partial charge >= 0.3 is 16.8 Å². The largest absolute Gasteiger partial charge is 2.00 e. The topological polar surface area (TPSA) is 143 Å². The maximum absolute atomic E-state index is 8.52. The molecule has 4 N–H and O–H groups in total. The first-order valence-electron chi connectivity index (χ1n) is 0.667. The summed E-state index contributed by atoms with van der Waals surface area (Å²) in [4.78, 5) is 0. The molecule has 0 saturated carbocycles. The minimum absolute atomic E-state index is 0. The molecule has 0 amide bonds. The molecule has 0 aliphatic rings. The van der Waals surface area contributed by atoms with Gasteiger partial charge in [0.15, 0.2) is 0 Å². The van der Waals surface area contributed by atoms with E-state index in [1.807, 2.05) is 0 Å². The summed E-state index contributed by atoms with van der Waals surface area (Å²) in [6.45, 7) is 0. The molecule has 0 bridgehead atoms. The van der Waals surface area contributed by atoms with E-state index in [2.05, 4.69) is 0 Å². The molecule has 0 unspecified atom stereocenters. The predicted molar refractivity (Wildman–Crippen MR) is 17.7 cm³/mol. The van der Waals surface area contributed by atoms with E-state index in [-0.39, 0.29) is 27.7 Å². The summed E-state index contributed by atoms with van der Waals surface area (Å²) >= 11 is 0. The number of hydrogen-bond acceptors (Lipinski definition) is 4. The van der Waals surface area contributed by atoms with Crippen molar-refractivity contribution in [2.45, 2.75) is 0 Å². The molecule has 0 spiro atoms. The van der Waals surface area contributed by atoms with Crippen molar-refractivity contribution in [2.24, 2.45) is 0 Å². The van der Waals surface area contributed by atoms with Gasteiger partial charge in [0.2, 0.25) is 0 Å². The van der Waals surface area contributed by atoms with Gasteiger partial charge in [-0.3, -0.25) is 8.42 Å². The Morgan fingerprint density at radius 3 is 1.00 bits per heavy atom. The van der Waals surface area contributed by atoms with Crippen LogP contribution in [0.15, 0.2) is 0 Å². The van der Waals surface area contributed by atoms with Crippen LogP contribution in [0.4, 0.5) is 0 Å². The van der Waals surface area contributed by atoms with Gasteiger partial charge in [-0.2, -0.15) is 0 Å². The number of hydrogen-bond donors (Lipinski definition) is 0. The fraction of sp³-hybridized carbons (Fsp3) is 0. The monoisotopic (exact) mass is 191 g/mol. The Morgan fingerprint density at radius 2 is 1.00 bits per heavy atom. The second-order valence-corrected chi connectivity index (χ2v) is 1.22. The van der Waals surface area contributed by atoms with Gasteiger partial charge in [0.25, 0.3) is 0 Å². The SMILES string of the molecule is O.O.O=S(=O)([O-])[O-].[Co+2]. The molecule has 0 saturated heterocycles. The van der Waals surface area contributed by atoms with Crippen LogP contribution in [0.2, 0.25) is 0 Å². The Bertz CT molecular complexity index is 91.7. The van der Waals surface area contributed by atoms with E-state index < -0.39 is 10.4 Å². The molecule has 55 valence electrons. The Morgan fingerprint density at radius 1 is 1.00 bits per heavy atom. The zero-order valence-corrected chi connectivity index (χ0v) is 5.23. The molecule has 0 aliphatic heterocycles. The van der Waals surface area contributed by atoms with Crippen LogP contribution in [-0.4, -0.2) is 28.5 Å². The van der Waals surface area contributed by atoms with Crippen LogP contribution < -0.4 is 0 Å². The molecule has 0 aromatic carbocycles. The van der Waals surface area contributed by atoms with Gasteiger partial charge in [0, 0.05) is 10.4 Å². The minimum atomic E-state index is -5.17. The molecule has 0 aromatic rings. The van der Waals surface area contributed by atoms with Gasteiger partial charge in [0.05, 0.1) is 0 Å². The summed E-state index contributed by atoms with van der Waals surface area (Å²) in [6, 6.07) is 0. The summed E-state index contributed by atoms with van der Waals surface area (Å²) in [5.41, 5.74) is 0. The Hall–Kier alpha value is 0.296. The summed E-state index contributed by atoms with van der Waals surface area (Å²) in [5.74, 6) is 0. The number of rotatable bonds is 0. The van der Waals surface area contributed by atoms with Crippen molar-refractivity contribution in [3.05, 3.63) is 0 Å². The first-order chi connectivity index (χ1) is 2.00. The third-order valence-corrected chi connectivity index (χ3v) is 0. The summed E-state index contributed by atoms with van der Waals surface area (Å²) in [7, 11) is -5.17. The summed E-state index contributed by atoms with van der Waals surface area (Å²) in [6.07, 6.45) is 0. The second-order valence-electron chi connectivity index (χ2n) is 0.408. The first-order valence-corrected chi connectivity index (χ1v) is 2.00. The molecule has 0 fully saturated rings. The van der Waals surface area contributed by atoms with E-state index in [0.717, 1.165) is 0 Å². The average Bonchev–Trinajstić information content (AvgIpc) is 0.722. The molecule has 1 radical (unpaired) electrons. The minimum Gasteiger partial charge on any atom is -0.759 e. The molecule has 8 heteroatoms. The third-order valence-electron chi connectivity index (χ3n) is 0. The van der Waals surface area contributed by atoms with Crippen LogP contribution >= 0.6 is 0 Å². The van der Waals surface area contributed by atoms with Crippen LogP contribution in [0.25, 0.3) is 0 Å². The third kappa shape index (κ3) is 2010. The summed E-state index contributed by atoms with van der Waals surface area (Å²) in [5, 5.41) is 0. The van der Waals surface area contributed by atoms with Crippen molar-refractivity contribution >= 4 is 10.4 Å². The van der Waals surface area contributed by atoms with E-state index in [0.29, 0.717) is 0 Å².